The van der Waals surface area contributed by atoms with Crippen LogP contribution in [0.3, 0.4) is 0 Å². The van der Waals surface area contributed by atoms with Crippen molar-refractivity contribution in [1.29, 1.82) is 0 Å². The van der Waals surface area contributed by atoms with Crippen molar-refractivity contribution in [1.82, 2.24) is 4.98 Å². The van der Waals surface area contributed by atoms with E-state index in [-0.39, 0.29) is 5.02 Å². The Bertz CT molecular complexity index is 416. The van der Waals surface area contributed by atoms with Crippen LogP contribution in [0, 0.1) is 5.92 Å². The summed E-state index contributed by atoms with van der Waals surface area (Å²) in [6.07, 6.45) is 1.19. The van der Waals surface area contributed by atoms with Gasteiger partial charge in [-0.1, -0.05) is 30.9 Å². The second kappa shape index (κ2) is 5.34. The molecule has 18 heavy (non-hydrogen) atoms. The molecular formula is C12H14ClF3N2. The molecule has 0 radical (unpaired) electrons. The van der Waals surface area contributed by atoms with Crippen molar-refractivity contribution in [3.05, 3.63) is 22.8 Å². The lowest BCUT2D eigenvalue weighted by molar-refractivity contribution is -0.137. The number of rotatable bonds is 4. The zero-order valence-corrected chi connectivity index (χ0v) is 10.5. The molecule has 1 N–H and O–H groups in total. The lowest BCUT2D eigenvalue weighted by Crippen LogP contribution is -2.16. The highest BCUT2D eigenvalue weighted by atomic mass is 35.5. The summed E-state index contributed by atoms with van der Waals surface area (Å²) in [5.41, 5.74) is -0.822. The van der Waals surface area contributed by atoms with E-state index < -0.39 is 11.7 Å². The quantitative estimate of drug-likeness (QED) is 0.885. The van der Waals surface area contributed by atoms with Gasteiger partial charge >= 0.3 is 6.18 Å². The molecule has 1 aliphatic carbocycles. The summed E-state index contributed by atoms with van der Waals surface area (Å²) < 4.78 is 37.2. The first-order valence-electron chi connectivity index (χ1n) is 5.93. The molecule has 1 aliphatic rings. The number of pyridine rings is 1. The van der Waals surface area contributed by atoms with Crippen LogP contribution in [0.4, 0.5) is 19.0 Å². The van der Waals surface area contributed by atoms with Gasteiger partial charge in [0.15, 0.2) is 0 Å². The summed E-state index contributed by atoms with van der Waals surface area (Å²) in [6, 6.07) is 0.903. The van der Waals surface area contributed by atoms with E-state index in [1.807, 2.05) is 0 Å². The average Bonchev–Trinajstić information content (AvgIpc) is 2.22. The maximum atomic E-state index is 12.4. The average molecular weight is 279 g/mol. The van der Waals surface area contributed by atoms with Crippen LogP contribution >= 0.6 is 11.6 Å². The van der Waals surface area contributed by atoms with Gasteiger partial charge in [0.25, 0.3) is 0 Å². The molecule has 2 rings (SSSR count). The molecule has 100 valence electrons. The monoisotopic (exact) mass is 278 g/mol. The highest BCUT2D eigenvalue weighted by molar-refractivity contribution is 6.32. The summed E-state index contributed by atoms with van der Waals surface area (Å²) in [4.78, 5) is 3.72. The van der Waals surface area contributed by atoms with Crippen LogP contribution in [0.15, 0.2) is 12.3 Å². The standard InChI is InChI=1S/C12H14ClF3N2/c13-10-6-9(12(14,15)16)7-18-11(10)17-5-4-8-2-1-3-8/h6-8H,1-5H2,(H,17,18). The smallest absolute Gasteiger partial charge is 0.369 e. The fourth-order valence-corrected chi connectivity index (χ4v) is 2.13. The largest absolute Gasteiger partial charge is 0.417 e. The Hall–Kier alpha value is -0.970. The lowest BCUT2D eigenvalue weighted by Gasteiger charge is -2.25. The Labute approximate surface area is 109 Å². The van der Waals surface area contributed by atoms with E-state index in [0.717, 1.165) is 24.6 Å². The van der Waals surface area contributed by atoms with Gasteiger partial charge < -0.3 is 5.32 Å². The Morgan fingerprint density at radius 3 is 2.61 bits per heavy atom. The molecule has 1 aromatic heterocycles. The second-order valence-electron chi connectivity index (χ2n) is 4.56. The molecule has 2 nitrogen and oxygen atoms in total. The molecule has 6 heteroatoms. The first kappa shape index (κ1) is 13.5. The number of alkyl halides is 3. The van der Waals surface area contributed by atoms with Gasteiger partial charge in [0, 0.05) is 12.7 Å². The molecule has 0 spiro atoms. The highest BCUT2D eigenvalue weighted by Gasteiger charge is 2.31. The number of anilines is 1. The maximum Gasteiger partial charge on any atom is 0.417 e. The minimum Gasteiger partial charge on any atom is -0.369 e. The van der Waals surface area contributed by atoms with Crippen LogP contribution in [-0.2, 0) is 6.18 Å². The molecule has 0 amide bonds. The topological polar surface area (TPSA) is 24.9 Å². The molecule has 0 atom stereocenters. The Morgan fingerprint density at radius 2 is 2.11 bits per heavy atom. The molecule has 1 aromatic rings. The Balaban J connectivity index is 1.92. The molecule has 0 aromatic carbocycles. The SMILES string of the molecule is FC(F)(F)c1cnc(NCCC2CCC2)c(Cl)c1. The van der Waals surface area contributed by atoms with Gasteiger partial charge in [0.2, 0.25) is 0 Å². The van der Waals surface area contributed by atoms with E-state index >= 15 is 0 Å². The summed E-state index contributed by atoms with van der Waals surface area (Å²) in [6.45, 7) is 0.697. The van der Waals surface area contributed by atoms with Crippen LogP contribution in [-0.4, -0.2) is 11.5 Å². The summed E-state index contributed by atoms with van der Waals surface area (Å²) in [5, 5.41) is 2.99. The first-order valence-corrected chi connectivity index (χ1v) is 6.31. The van der Waals surface area contributed by atoms with Crippen LogP contribution in [0.1, 0.15) is 31.2 Å². The molecule has 1 heterocycles. The lowest BCUT2D eigenvalue weighted by atomic mass is 9.83. The van der Waals surface area contributed by atoms with Crippen LogP contribution in [0.2, 0.25) is 5.02 Å². The van der Waals surface area contributed by atoms with E-state index in [9.17, 15) is 13.2 Å². The van der Waals surface area contributed by atoms with Gasteiger partial charge in [-0.25, -0.2) is 4.98 Å². The Kier molecular flexibility index (Phi) is 4.00. The number of halogens is 4. The van der Waals surface area contributed by atoms with Crippen LogP contribution < -0.4 is 5.32 Å². The summed E-state index contributed by atoms with van der Waals surface area (Å²) >= 11 is 5.77. The number of nitrogens with zero attached hydrogens (tertiary/aromatic N) is 1. The number of hydrogen-bond donors (Lipinski definition) is 1. The van der Waals surface area contributed by atoms with E-state index in [2.05, 4.69) is 10.3 Å². The van der Waals surface area contributed by atoms with Gasteiger partial charge in [-0.15, -0.1) is 0 Å². The van der Waals surface area contributed by atoms with Gasteiger partial charge in [-0.2, -0.15) is 13.2 Å². The third-order valence-corrected chi connectivity index (χ3v) is 3.53. The van der Waals surface area contributed by atoms with Crippen molar-refractivity contribution >= 4 is 17.4 Å². The van der Waals surface area contributed by atoms with Gasteiger partial charge in [0.05, 0.1) is 10.6 Å². The third kappa shape index (κ3) is 3.28. The summed E-state index contributed by atoms with van der Waals surface area (Å²) in [7, 11) is 0. The molecule has 0 saturated heterocycles. The molecule has 1 fully saturated rings. The van der Waals surface area contributed by atoms with Crippen LogP contribution in [0.5, 0.6) is 0 Å². The van der Waals surface area contributed by atoms with Crippen molar-refractivity contribution < 1.29 is 13.2 Å². The fourth-order valence-electron chi connectivity index (χ4n) is 1.90. The number of aromatic nitrogens is 1. The first-order chi connectivity index (χ1) is 8.47. The zero-order valence-electron chi connectivity index (χ0n) is 9.73. The number of nitrogens with one attached hydrogen (secondary N) is 1. The van der Waals surface area contributed by atoms with E-state index in [1.54, 1.807) is 0 Å². The summed E-state index contributed by atoms with van der Waals surface area (Å²) in [5.74, 6) is 1.06. The predicted molar refractivity (Wildman–Crippen MR) is 64.7 cm³/mol. The van der Waals surface area contributed by atoms with Gasteiger partial charge in [-0.05, 0) is 18.4 Å². The minimum absolute atomic E-state index is 0.0124. The van der Waals surface area contributed by atoms with Gasteiger partial charge in [-0.3, -0.25) is 0 Å². The maximum absolute atomic E-state index is 12.4. The molecule has 1 saturated carbocycles. The normalized spacial score (nSPS) is 16.4. The molecule has 0 unspecified atom stereocenters. The fraction of sp³-hybridized carbons (Fsp3) is 0.583. The molecule has 0 aliphatic heterocycles. The van der Waals surface area contributed by atoms with E-state index in [4.69, 9.17) is 11.6 Å². The second-order valence-corrected chi connectivity index (χ2v) is 4.97. The van der Waals surface area contributed by atoms with Crippen molar-refractivity contribution in [3.63, 3.8) is 0 Å². The van der Waals surface area contributed by atoms with Gasteiger partial charge in [0.1, 0.15) is 5.82 Å². The minimum atomic E-state index is -4.40. The predicted octanol–water partition coefficient (Wildman–Crippen LogP) is 4.36. The number of hydrogen-bond acceptors (Lipinski definition) is 2. The van der Waals surface area contributed by atoms with Crippen molar-refractivity contribution in [2.45, 2.75) is 31.9 Å². The van der Waals surface area contributed by atoms with E-state index in [0.29, 0.717) is 12.4 Å². The zero-order chi connectivity index (χ0) is 13.2. The Morgan fingerprint density at radius 1 is 1.39 bits per heavy atom. The molecular weight excluding hydrogens is 265 g/mol. The van der Waals surface area contributed by atoms with Crippen LogP contribution in [0.25, 0.3) is 0 Å². The highest BCUT2D eigenvalue weighted by Crippen LogP contribution is 2.33. The van der Waals surface area contributed by atoms with E-state index in [1.165, 1.54) is 19.3 Å². The van der Waals surface area contributed by atoms with Crippen molar-refractivity contribution in [2.75, 3.05) is 11.9 Å². The third-order valence-electron chi connectivity index (χ3n) is 3.24. The van der Waals surface area contributed by atoms with Crippen molar-refractivity contribution in [2.24, 2.45) is 5.92 Å². The van der Waals surface area contributed by atoms with Crippen molar-refractivity contribution in [3.8, 4) is 0 Å². The molecule has 0 bridgehead atoms.